The molecule has 1 amide bonds. The largest absolute Gasteiger partial charge is 0.508 e. The molecule has 1 unspecified atom stereocenters. The number of hydrogen-bond acceptors (Lipinski definition) is 5. The Kier molecular flexibility index (Phi) is 5.87. The molecule has 3 aromatic rings. The molecule has 0 radical (unpaired) electrons. The van der Waals surface area contributed by atoms with Crippen molar-refractivity contribution < 1.29 is 24.5 Å². The number of halogens is 1. The van der Waals surface area contributed by atoms with Crippen LogP contribution < -0.4 is 9.64 Å². The molecule has 0 aromatic heterocycles. The first kappa shape index (κ1) is 22.4. The maximum Gasteiger partial charge on any atom is 0.300 e. The van der Waals surface area contributed by atoms with Crippen molar-refractivity contribution in [3.8, 4) is 11.5 Å². The van der Waals surface area contributed by atoms with Crippen LogP contribution in [0.1, 0.15) is 28.3 Å². The lowest BCUT2D eigenvalue weighted by atomic mass is 9.94. The van der Waals surface area contributed by atoms with Gasteiger partial charge in [-0.3, -0.25) is 14.5 Å². The summed E-state index contributed by atoms with van der Waals surface area (Å²) in [6.07, 6.45) is 0. The Balaban J connectivity index is 2.02. The monoisotopic (exact) mass is 463 g/mol. The highest BCUT2D eigenvalue weighted by molar-refractivity contribution is 6.52. The molecule has 1 fully saturated rings. The average molecular weight is 464 g/mol. The number of anilines is 1. The van der Waals surface area contributed by atoms with Crippen LogP contribution in [0.5, 0.6) is 11.5 Å². The average Bonchev–Trinajstić information content (AvgIpc) is 3.06. The quantitative estimate of drug-likeness (QED) is 0.311. The van der Waals surface area contributed by atoms with Gasteiger partial charge in [0.2, 0.25) is 0 Å². The predicted octanol–water partition coefficient (Wildman–Crippen LogP) is 5.30. The number of phenols is 1. The zero-order valence-electron chi connectivity index (χ0n) is 18.3. The number of aliphatic hydroxyl groups excluding tert-OH is 1. The number of aliphatic hydroxyl groups is 1. The molecule has 1 saturated heterocycles. The Hall–Kier alpha value is -3.77. The second kappa shape index (κ2) is 8.64. The van der Waals surface area contributed by atoms with E-state index in [0.29, 0.717) is 22.0 Å². The van der Waals surface area contributed by atoms with E-state index >= 15 is 0 Å². The molecule has 0 bridgehead atoms. The SMILES string of the molecule is COc1ccc(Cl)cc1/C(O)=C1\C(=O)C(=O)N(c2cccc(C)c2C)C1c1ccc(O)cc1. The van der Waals surface area contributed by atoms with Crippen LogP contribution in [0.25, 0.3) is 5.76 Å². The number of aryl methyl sites for hydroxylation is 1. The zero-order chi connectivity index (χ0) is 23.9. The van der Waals surface area contributed by atoms with E-state index in [1.165, 1.54) is 30.2 Å². The number of ketones is 1. The molecule has 0 aliphatic carbocycles. The molecule has 0 spiro atoms. The molecular formula is C26H22ClNO5. The van der Waals surface area contributed by atoms with Crippen LogP contribution in [0, 0.1) is 13.8 Å². The molecule has 1 aliphatic heterocycles. The normalized spacial score (nSPS) is 17.5. The maximum absolute atomic E-state index is 13.3. The topological polar surface area (TPSA) is 87.1 Å². The third kappa shape index (κ3) is 3.83. The van der Waals surface area contributed by atoms with Gasteiger partial charge in [-0.15, -0.1) is 0 Å². The van der Waals surface area contributed by atoms with Crippen LogP contribution in [0.4, 0.5) is 5.69 Å². The van der Waals surface area contributed by atoms with Gasteiger partial charge in [0.05, 0.1) is 24.3 Å². The molecule has 1 atom stereocenters. The second-order valence-corrected chi connectivity index (χ2v) is 8.26. The Morgan fingerprint density at radius 1 is 1.03 bits per heavy atom. The fraction of sp³-hybridized carbons (Fsp3) is 0.154. The standard InChI is InChI=1S/C26H22ClNO5/c1-14-5-4-6-20(15(14)2)28-23(16-7-10-18(29)11-8-16)22(25(31)26(28)32)24(30)19-13-17(27)9-12-21(19)33-3/h4-13,23,29-30H,1-3H3/b24-22+. The fourth-order valence-electron chi connectivity index (χ4n) is 4.06. The summed E-state index contributed by atoms with van der Waals surface area (Å²) in [7, 11) is 1.44. The number of aromatic hydroxyl groups is 1. The molecule has 1 heterocycles. The molecule has 7 heteroatoms. The molecule has 2 N–H and O–H groups in total. The van der Waals surface area contributed by atoms with Crippen LogP contribution in [0.2, 0.25) is 5.02 Å². The number of carbonyl (C=O) groups excluding carboxylic acids is 2. The van der Waals surface area contributed by atoms with Crippen LogP contribution in [-0.4, -0.2) is 29.0 Å². The Bertz CT molecular complexity index is 1300. The maximum atomic E-state index is 13.3. The van der Waals surface area contributed by atoms with E-state index in [-0.39, 0.29) is 16.9 Å². The Morgan fingerprint density at radius 3 is 2.39 bits per heavy atom. The van der Waals surface area contributed by atoms with Crippen molar-refractivity contribution in [1.29, 1.82) is 0 Å². The van der Waals surface area contributed by atoms with Gasteiger partial charge in [0.15, 0.2) is 0 Å². The first-order valence-electron chi connectivity index (χ1n) is 10.2. The summed E-state index contributed by atoms with van der Waals surface area (Å²) in [6.45, 7) is 3.79. The fourth-order valence-corrected chi connectivity index (χ4v) is 4.23. The molecule has 1 aliphatic rings. The van der Waals surface area contributed by atoms with Crippen LogP contribution in [0.15, 0.2) is 66.2 Å². The summed E-state index contributed by atoms with van der Waals surface area (Å²) >= 11 is 6.14. The summed E-state index contributed by atoms with van der Waals surface area (Å²) in [4.78, 5) is 28.0. The minimum absolute atomic E-state index is 0.0407. The van der Waals surface area contributed by atoms with Crippen LogP contribution in [-0.2, 0) is 9.59 Å². The first-order valence-corrected chi connectivity index (χ1v) is 10.6. The van der Waals surface area contributed by atoms with Crippen molar-refractivity contribution in [3.63, 3.8) is 0 Å². The zero-order valence-corrected chi connectivity index (χ0v) is 19.1. The van der Waals surface area contributed by atoms with Crippen molar-refractivity contribution in [2.45, 2.75) is 19.9 Å². The lowest BCUT2D eigenvalue weighted by Gasteiger charge is -2.27. The number of amides is 1. The van der Waals surface area contributed by atoms with Gasteiger partial charge >= 0.3 is 0 Å². The van der Waals surface area contributed by atoms with Crippen LogP contribution >= 0.6 is 11.6 Å². The highest BCUT2D eigenvalue weighted by atomic mass is 35.5. The smallest absolute Gasteiger partial charge is 0.300 e. The van der Waals surface area contributed by atoms with Crippen molar-refractivity contribution in [2.24, 2.45) is 0 Å². The highest BCUT2D eigenvalue weighted by Gasteiger charge is 2.47. The number of ether oxygens (including phenoxy) is 1. The van der Waals surface area contributed by atoms with Gasteiger partial charge in [-0.1, -0.05) is 35.9 Å². The Labute approximate surface area is 196 Å². The number of Topliss-reactive ketones (excluding diaryl/α,β-unsaturated/α-hetero) is 1. The number of carbonyl (C=O) groups is 2. The molecule has 33 heavy (non-hydrogen) atoms. The third-order valence-electron chi connectivity index (χ3n) is 5.91. The second-order valence-electron chi connectivity index (χ2n) is 7.82. The summed E-state index contributed by atoms with van der Waals surface area (Å²) in [6, 6.07) is 15.4. The summed E-state index contributed by atoms with van der Waals surface area (Å²) in [5.41, 5.74) is 3.02. The van der Waals surface area contributed by atoms with Crippen LogP contribution in [0.3, 0.4) is 0 Å². The van der Waals surface area contributed by atoms with Gasteiger partial charge in [0, 0.05) is 10.7 Å². The van der Waals surface area contributed by atoms with Crippen molar-refractivity contribution >= 4 is 34.7 Å². The number of nitrogens with zero attached hydrogens (tertiary/aromatic N) is 1. The third-order valence-corrected chi connectivity index (χ3v) is 6.14. The molecule has 0 saturated carbocycles. The van der Waals surface area contributed by atoms with Gasteiger partial charge in [-0.2, -0.15) is 0 Å². The number of rotatable bonds is 4. The molecule has 168 valence electrons. The Morgan fingerprint density at radius 2 is 1.73 bits per heavy atom. The van der Waals surface area contributed by atoms with Crippen molar-refractivity contribution in [2.75, 3.05) is 12.0 Å². The predicted molar refractivity (Wildman–Crippen MR) is 127 cm³/mol. The summed E-state index contributed by atoms with van der Waals surface area (Å²) in [5.74, 6) is -1.63. The summed E-state index contributed by atoms with van der Waals surface area (Å²) < 4.78 is 5.35. The van der Waals surface area contributed by atoms with E-state index in [4.69, 9.17) is 16.3 Å². The lowest BCUT2D eigenvalue weighted by molar-refractivity contribution is -0.132. The van der Waals surface area contributed by atoms with Gasteiger partial charge in [0.25, 0.3) is 11.7 Å². The number of methoxy groups -OCH3 is 1. The van der Waals surface area contributed by atoms with E-state index in [0.717, 1.165) is 11.1 Å². The highest BCUT2D eigenvalue weighted by Crippen LogP contribution is 2.44. The summed E-state index contributed by atoms with van der Waals surface area (Å²) in [5, 5.41) is 21.4. The van der Waals surface area contributed by atoms with E-state index in [1.807, 2.05) is 26.0 Å². The minimum atomic E-state index is -0.921. The van der Waals surface area contributed by atoms with Crippen molar-refractivity contribution in [1.82, 2.24) is 0 Å². The van der Waals surface area contributed by atoms with E-state index < -0.39 is 23.5 Å². The first-order chi connectivity index (χ1) is 15.7. The van der Waals surface area contributed by atoms with E-state index in [2.05, 4.69) is 0 Å². The van der Waals surface area contributed by atoms with E-state index in [9.17, 15) is 19.8 Å². The van der Waals surface area contributed by atoms with Gasteiger partial charge in [0.1, 0.15) is 17.3 Å². The molecule has 3 aromatic carbocycles. The molecular weight excluding hydrogens is 442 g/mol. The van der Waals surface area contributed by atoms with Gasteiger partial charge in [-0.25, -0.2) is 0 Å². The van der Waals surface area contributed by atoms with Gasteiger partial charge in [-0.05, 0) is 66.9 Å². The number of hydrogen-bond donors (Lipinski definition) is 2. The van der Waals surface area contributed by atoms with Crippen molar-refractivity contribution in [3.05, 3.63) is 93.5 Å². The lowest BCUT2D eigenvalue weighted by Crippen LogP contribution is -2.30. The number of benzene rings is 3. The van der Waals surface area contributed by atoms with E-state index in [1.54, 1.807) is 30.3 Å². The molecule has 6 nitrogen and oxygen atoms in total. The molecule has 4 rings (SSSR count). The van der Waals surface area contributed by atoms with Gasteiger partial charge < -0.3 is 14.9 Å². The number of phenolic OH excluding ortho intramolecular Hbond substituents is 1. The minimum Gasteiger partial charge on any atom is -0.508 e.